The monoisotopic (exact) mass is 286 g/mol. The van der Waals surface area contributed by atoms with Gasteiger partial charge in [-0.05, 0) is 29.8 Å². The molecule has 1 atom stereocenters. The lowest BCUT2D eigenvalue weighted by Gasteiger charge is -2.22. The molecule has 0 bridgehead atoms. The summed E-state index contributed by atoms with van der Waals surface area (Å²) in [6.45, 7) is 0.266. The molecule has 2 aromatic carbocycles. The average molecular weight is 287 g/mol. The fourth-order valence-corrected chi connectivity index (χ4v) is 2.50. The minimum atomic E-state index is -0.111. The van der Waals surface area contributed by atoms with Crippen LogP contribution in [-0.4, -0.2) is 6.79 Å². The Bertz CT molecular complexity index is 692. The van der Waals surface area contributed by atoms with E-state index in [1.54, 1.807) is 0 Å². The summed E-state index contributed by atoms with van der Waals surface area (Å²) in [5.41, 5.74) is 2.06. The Morgan fingerprint density at radius 3 is 2.50 bits per heavy atom. The number of rotatable bonds is 1. The SMILES string of the molecule is Clc1ccc(C2C=Cc3cc4c(cc3O2)OCO4)cc1. The quantitative estimate of drug-likeness (QED) is 0.786. The number of ether oxygens (including phenoxy) is 3. The number of hydrogen-bond donors (Lipinski definition) is 0. The van der Waals surface area contributed by atoms with Crippen LogP contribution in [0.3, 0.4) is 0 Å². The van der Waals surface area contributed by atoms with Crippen molar-refractivity contribution >= 4 is 17.7 Å². The van der Waals surface area contributed by atoms with Gasteiger partial charge in [-0.15, -0.1) is 0 Å². The van der Waals surface area contributed by atoms with Gasteiger partial charge in [0, 0.05) is 16.7 Å². The zero-order valence-corrected chi connectivity index (χ0v) is 11.3. The van der Waals surface area contributed by atoms with Crippen LogP contribution in [0.5, 0.6) is 17.2 Å². The van der Waals surface area contributed by atoms with Gasteiger partial charge in [0.15, 0.2) is 11.5 Å². The van der Waals surface area contributed by atoms with Crippen molar-refractivity contribution in [2.45, 2.75) is 6.10 Å². The molecule has 2 heterocycles. The van der Waals surface area contributed by atoms with Crippen LogP contribution in [0, 0.1) is 0 Å². The van der Waals surface area contributed by atoms with Crippen molar-refractivity contribution in [3.63, 3.8) is 0 Å². The summed E-state index contributed by atoms with van der Waals surface area (Å²) in [6, 6.07) is 11.5. The van der Waals surface area contributed by atoms with Crippen molar-refractivity contribution in [3.05, 3.63) is 58.6 Å². The molecule has 100 valence electrons. The second-order valence-electron chi connectivity index (χ2n) is 4.69. The van der Waals surface area contributed by atoms with Crippen LogP contribution in [0.1, 0.15) is 17.2 Å². The van der Waals surface area contributed by atoms with E-state index in [0.29, 0.717) is 0 Å². The van der Waals surface area contributed by atoms with Gasteiger partial charge in [0.2, 0.25) is 6.79 Å². The first-order chi connectivity index (χ1) is 9.79. The smallest absolute Gasteiger partial charge is 0.231 e. The first kappa shape index (κ1) is 11.7. The number of halogens is 1. The Balaban J connectivity index is 1.68. The maximum atomic E-state index is 6.02. The van der Waals surface area contributed by atoms with E-state index in [0.717, 1.165) is 33.4 Å². The lowest BCUT2D eigenvalue weighted by atomic mass is 10.0. The molecule has 4 rings (SSSR count). The molecule has 2 aliphatic rings. The molecule has 2 aliphatic heterocycles. The van der Waals surface area contributed by atoms with Crippen LogP contribution in [0.15, 0.2) is 42.5 Å². The van der Waals surface area contributed by atoms with Crippen molar-refractivity contribution < 1.29 is 14.2 Å². The second-order valence-corrected chi connectivity index (χ2v) is 5.13. The first-order valence-corrected chi connectivity index (χ1v) is 6.71. The third-order valence-corrected chi connectivity index (χ3v) is 3.66. The zero-order valence-electron chi connectivity index (χ0n) is 10.5. The Labute approximate surface area is 121 Å². The average Bonchev–Trinajstić information content (AvgIpc) is 2.92. The number of hydrogen-bond acceptors (Lipinski definition) is 3. The fourth-order valence-electron chi connectivity index (χ4n) is 2.37. The van der Waals surface area contributed by atoms with Crippen molar-refractivity contribution in [3.8, 4) is 17.2 Å². The van der Waals surface area contributed by atoms with Gasteiger partial charge in [0.05, 0.1) is 0 Å². The first-order valence-electron chi connectivity index (χ1n) is 6.33. The molecular weight excluding hydrogens is 276 g/mol. The molecular formula is C16H11ClO3. The highest BCUT2D eigenvalue weighted by Gasteiger charge is 2.22. The van der Waals surface area contributed by atoms with E-state index < -0.39 is 0 Å². The van der Waals surface area contributed by atoms with Gasteiger partial charge in [0.25, 0.3) is 0 Å². The molecule has 4 heteroatoms. The van der Waals surface area contributed by atoms with Crippen LogP contribution in [0.4, 0.5) is 0 Å². The maximum absolute atomic E-state index is 6.02. The van der Waals surface area contributed by atoms with Crippen LogP contribution in [0.25, 0.3) is 6.08 Å². The van der Waals surface area contributed by atoms with Crippen molar-refractivity contribution in [2.75, 3.05) is 6.79 Å². The van der Waals surface area contributed by atoms with Gasteiger partial charge in [-0.25, -0.2) is 0 Å². The molecule has 0 saturated carbocycles. The predicted molar refractivity (Wildman–Crippen MR) is 76.4 cm³/mol. The van der Waals surface area contributed by atoms with Crippen LogP contribution < -0.4 is 14.2 Å². The molecule has 0 saturated heterocycles. The Hall–Kier alpha value is -2.13. The zero-order chi connectivity index (χ0) is 13.5. The molecule has 0 radical (unpaired) electrons. The molecule has 1 unspecified atom stereocenters. The second kappa shape index (κ2) is 4.46. The van der Waals surface area contributed by atoms with Crippen molar-refractivity contribution in [2.24, 2.45) is 0 Å². The highest BCUT2D eigenvalue weighted by molar-refractivity contribution is 6.30. The Kier molecular flexibility index (Phi) is 2.60. The van der Waals surface area contributed by atoms with Gasteiger partial charge in [0.1, 0.15) is 11.9 Å². The maximum Gasteiger partial charge on any atom is 0.231 e. The van der Waals surface area contributed by atoms with Gasteiger partial charge >= 0.3 is 0 Å². The van der Waals surface area contributed by atoms with Crippen LogP contribution in [-0.2, 0) is 0 Å². The fraction of sp³-hybridized carbons (Fsp3) is 0.125. The van der Waals surface area contributed by atoms with Gasteiger partial charge in [-0.3, -0.25) is 0 Å². The van der Waals surface area contributed by atoms with Gasteiger partial charge < -0.3 is 14.2 Å². The minimum absolute atomic E-state index is 0.111. The largest absolute Gasteiger partial charge is 0.481 e. The van der Waals surface area contributed by atoms with E-state index in [-0.39, 0.29) is 12.9 Å². The third-order valence-electron chi connectivity index (χ3n) is 3.41. The van der Waals surface area contributed by atoms with Crippen LogP contribution >= 0.6 is 11.6 Å². The van der Waals surface area contributed by atoms with E-state index in [1.165, 1.54) is 0 Å². The highest BCUT2D eigenvalue weighted by Crippen LogP contribution is 2.42. The highest BCUT2D eigenvalue weighted by atomic mass is 35.5. The molecule has 3 nitrogen and oxygen atoms in total. The van der Waals surface area contributed by atoms with E-state index in [1.807, 2.05) is 48.6 Å². The van der Waals surface area contributed by atoms with Gasteiger partial charge in [-0.2, -0.15) is 0 Å². The Morgan fingerprint density at radius 2 is 1.70 bits per heavy atom. The molecule has 2 aromatic rings. The topological polar surface area (TPSA) is 27.7 Å². The third kappa shape index (κ3) is 1.91. The van der Waals surface area contributed by atoms with Crippen molar-refractivity contribution in [1.82, 2.24) is 0 Å². The van der Waals surface area contributed by atoms with Gasteiger partial charge in [-0.1, -0.05) is 29.8 Å². The lowest BCUT2D eigenvalue weighted by Crippen LogP contribution is -2.08. The summed E-state index contributed by atoms with van der Waals surface area (Å²) in [5.74, 6) is 2.30. The van der Waals surface area contributed by atoms with Crippen LogP contribution in [0.2, 0.25) is 5.02 Å². The molecule has 0 amide bonds. The molecule has 0 fully saturated rings. The standard InChI is InChI=1S/C16H11ClO3/c17-12-4-1-10(2-5-12)13-6-3-11-7-15-16(19-9-18-15)8-14(11)20-13/h1-8,13H,9H2. The minimum Gasteiger partial charge on any atom is -0.481 e. The summed E-state index contributed by atoms with van der Waals surface area (Å²) >= 11 is 5.91. The van der Waals surface area contributed by atoms with E-state index in [4.69, 9.17) is 25.8 Å². The van der Waals surface area contributed by atoms with E-state index in [9.17, 15) is 0 Å². The summed E-state index contributed by atoms with van der Waals surface area (Å²) in [6.07, 6.45) is 3.95. The molecule has 0 aliphatic carbocycles. The number of fused-ring (bicyclic) bond motifs is 2. The Morgan fingerprint density at radius 1 is 0.950 bits per heavy atom. The molecule has 0 aromatic heterocycles. The molecule has 20 heavy (non-hydrogen) atoms. The summed E-state index contributed by atoms with van der Waals surface area (Å²) in [5, 5.41) is 0.720. The van der Waals surface area contributed by atoms with Crippen molar-refractivity contribution in [1.29, 1.82) is 0 Å². The molecule has 0 spiro atoms. The summed E-state index contributed by atoms with van der Waals surface area (Å²) in [7, 11) is 0. The van der Waals surface area contributed by atoms with E-state index in [2.05, 4.69) is 0 Å². The molecule has 0 N–H and O–H groups in total. The van der Waals surface area contributed by atoms with E-state index >= 15 is 0 Å². The summed E-state index contributed by atoms with van der Waals surface area (Å²) < 4.78 is 16.8. The normalized spacial score (nSPS) is 18.6. The number of benzene rings is 2. The lowest BCUT2D eigenvalue weighted by molar-refractivity contribution is 0.173. The summed E-state index contributed by atoms with van der Waals surface area (Å²) in [4.78, 5) is 0. The predicted octanol–water partition coefficient (Wildman–Crippen LogP) is 4.22.